The lowest BCUT2D eigenvalue weighted by atomic mass is 9.92. The number of hydrogen-bond donors (Lipinski definition) is 1. The van der Waals surface area contributed by atoms with E-state index in [2.05, 4.69) is 0 Å². The van der Waals surface area contributed by atoms with Crippen LogP contribution in [0.1, 0.15) is 17.3 Å². The van der Waals surface area contributed by atoms with Crippen LogP contribution in [-0.2, 0) is 9.53 Å². The Morgan fingerprint density at radius 2 is 1.80 bits per heavy atom. The third-order valence-electron chi connectivity index (χ3n) is 3.63. The summed E-state index contributed by atoms with van der Waals surface area (Å²) in [5.41, 5.74) is 0.553. The molecule has 5 heteroatoms. The van der Waals surface area contributed by atoms with Crippen molar-refractivity contribution in [3.05, 3.63) is 35.9 Å². The molecule has 0 spiro atoms. The molecule has 0 aromatic heterocycles. The summed E-state index contributed by atoms with van der Waals surface area (Å²) in [6, 6.07) is 8.22. The molecule has 5 nitrogen and oxygen atoms in total. The molecule has 1 aliphatic rings. The topological polar surface area (TPSA) is 66.8 Å². The summed E-state index contributed by atoms with van der Waals surface area (Å²) in [5, 5.41) is 9.27. The lowest BCUT2D eigenvalue weighted by Crippen LogP contribution is -2.52. The molecule has 0 bridgehead atoms. The quantitative estimate of drug-likeness (QED) is 0.821. The summed E-state index contributed by atoms with van der Waals surface area (Å²) in [6.45, 7) is 3.82. The smallest absolute Gasteiger partial charge is 0.308 e. The van der Waals surface area contributed by atoms with Crippen molar-refractivity contribution in [1.29, 1.82) is 0 Å². The zero-order valence-electron chi connectivity index (χ0n) is 11.5. The van der Waals surface area contributed by atoms with E-state index < -0.39 is 17.9 Å². The fourth-order valence-electron chi connectivity index (χ4n) is 2.47. The first-order valence-corrected chi connectivity index (χ1v) is 6.75. The molecule has 2 rings (SSSR count). The van der Waals surface area contributed by atoms with Gasteiger partial charge in [0, 0.05) is 18.7 Å². The number of nitrogens with zero attached hydrogens (tertiary/aromatic N) is 1. The number of carbonyl (C=O) groups excluding carboxylic acids is 1. The summed E-state index contributed by atoms with van der Waals surface area (Å²) < 4.78 is 5.28. The fraction of sp³-hybridized carbons (Fsp3) is 0.467. The highest BCUT2D eigenvalue weighted by Crippen LogP contribution is 2.19. The van der Waals surface area contributed by atoms with Crippen molar-refractivity contribution in [3.8, 4) is 0 Å². The number of ketones is 1. The molecule has 1 N–H and O–H groups in total. The Morgan fingerprint density at radius 3 is 2.35 bits per heavy atom. The van der Waals surface area contributed by atoms with Crippen LogP contribution in [0.4, 0.5) is 0 Å². The van der Waals surface area contributed by atoms with Crippen LogP contribution in [-0.4, -0.2) is 54.1 Å². The van der Waals surface area contributed by atoms with Crippen LogP contribution in [0.25, 0.3) is 0 Å². The molecule has 108 valence electrons. The number of carboxylic acids is 1. The van der Waals surface area contributed by atoms with E-state index in [1.165, 1.54) is 0 Å². The molecule has 20 heavy (non-hydrogen) atoms. The van der Waals surface area contributed by atoms with E-state index in [9.17, 15) is 14.7 Å². The van der Waals surface area contributed by atoms with Crippen molar-refractivity contribution < 1.29 is 19.4 Å². The molecule has 1 heterocycles. The largest absolute Gasteiger partial charge is 0.481 e. The summed E-state index contributed by atoms with van der Waals surface area (Å²) in [7, 11) is 0. The molecule has 1 aliphatic heterocycles. The fourth-order valence-corrected chi connectivity index (χ4v) is 2.47. The Bertz CT molecular complexity index is 468. The summed E-state index contributed by atoms with van der Waals surface area (Å²) >= 11 is 0. The van der Waals surface area contributed by atoms with Crippen LogP contribution in [0, 0.1) is 5.92 Å². The standard InChI is InChI=1S/C15H19NO4/c1-11(15(18)19)13(16-7-9-20-10-8-16)14(17)12-5-3-2-4-6-12/h2-6,11,13H,7-10H2,1H3,(H,18,19). The molecule has 1 saturated heterocycles. The van der Waals surface area contributed by atoms with Gasteiger partial charge in [-0.15, -0.1) is 0 Å². The monoisotopic (exact) mass is 277 g/mol. The predicted molar refractivity (Wildman–Crippen MR) is 73.8 cm³/mol. The Labute approximate surface area is 118 Å². The first-order valence-electron chi connectivity index (χ1n) is 6.75. The number of morpholine rings is 1. The number of ether oxygens (including phenoxy) is 1. The Kier molecular flexibility index (Phi) is 4.87. The highest BCUT2D eigenvalue weighted by molar-refractivity contribution is 6.02. The first kappa shape index (κ1) is 14.7. The van der Waals surface area contributed by atoms with E-state index in [1.807, 2.05) is 11.0 Å². The minimum atomic E-state index is -0.953. The van der Waals surface area contributed by atoms with E-state index in [0.717, 1.165) is 0 Å². The lowest BCUT2D eigenvalue weighted by molar-refractivity contribution is -0.143. The van der Waals surface area contributed by atoms with Gasteiger partial charge in [0.25, 0.3) is 0 Å². The molecule has 0 amide bonds. The number of carboxylic acid groups (broad SMARTS) is 1. The number of rotatable bonds is 5. The van der Waals surface area contributed by atoms with Crippen LogP contribution in [0.5, 0.6) is 0 Å². The second kappa shape index (κ2) is 6.63. The van der Waals surface area contributed by atoms with Gasteiger partial charge in [-0.2, -0.15) is 0 Å². The van der Waals surface area contributed by atoms with Crippen LogP contribution < -0.4 is 0 Å². The predicted octanol–water partition coefficient (Wildman–Crippen LogP) is 1.29. The van der Waals surface area contributed by atoms with E-state index in [4.69, 9.17) is 4.74 Å². The van der Waals surface area contributed by atoms with Crippen molar-refractivity contribution in [3.63, 3.8) is 0 Å². The van der Waals surface area contributed by atoms with Crippen molar-refractivity contribution in [1.82, 2.24) is 4.90 Å². The molecule has 0 saturated carbocycles. The second-order valence-electron chi connectivity index (χ2n) is 4.95. The lowest BCUT2D eigenvalue weighted by Gasteiger charge is -2.35. The zero-order chi connectivity index (χ0) is 14.5. The van der Waals surface area contributed by atoms with Crippen LogP contribution in [0.2, 0.25) is 0 Å². The van der Waals surface area contributed by atoms with E-state index in [0.29, 0.717) is 31.9 Å². The van der Waals surface area contributed by atoms with Gasteiger partial charge in [-0.1, -0.05) is 30.3 Å². The molecule has 1 aromatic rings. The zero-order valence-corrected chi connectivity index (χ0v) is 11.5. The van der Waals surface area contributed by atoms with Crippen molar-refractivity contribution in [2.24, 2.45) is 5.92 Å². The molecule has 0 radical (unpaired) electrons. The second-order valence-corrected chi connectivity index (χ2v) is 4.95. The Morgan fingerprint density at radius 1 is 1.20 bits per heavy atom. The molecule has 2 atom stereocenters. The Balaban J connectivity index is 2.25. The van der Waals surface area contributed by atoms with Crippen LogP contribution in [0.15, 0.2) is 30.3 Å². The maximum Gasteiger partial charge on any atom is 0.308 e. The average molecular weight is 277 g/mol. The molecule has 1 fully saturated rings. The molecule has 0 aliphatic carbocycles. The summed E-state index contributed by atoms with van der Waals surface area (Å²) in [5.74, 6) is -1.84. The maximum atomic E-state index is 12.6. The normalized spacial score (nSPS) is 19.2. The summed E-state index contributed by atoms with van der Waals surface area (Å²) in [4.78, 5) is 25.9. The van der Waals surface area contributed by atoms with E-state index in [1.54, 1.807) is 31.2 Å². The highest BCUT2D eigenvalue weighted by atomic mass is 16.5. The third-order valence-corrected chi connectivity index (χ3v) is 3.63. The highest BCUT2D eigenvalue weighted by Gasteiger charge is 2.36. The van der Waals surface area contributed by atoms with Gasteiger partial charge in [-0.25, -0.2) is 0 Å². The average Bonchev–Trinajstić information content (AvgIpc) is 2.49. The first-order chi connectivity index (χ1) is 9.61. The number of hydrogen-bond acceptors (Lipinski definition) is 4. The number of carbonyl (C=O) groups is 2. The van der Waals surface area contributed by atoms with Crippen molar-refractivity contribution in [2.75, 3.05) is 26.3 Å². The molecule has 2 unspecified atom stereocenters. The number of benzene rings is 1. The van der Waals surface area contributed by atoms with Gasteiger partial charge in [0.2, 0.25) is 0 Å². The van der Waals surface area contributed by atoms with Crippen LogP contribution >= 0.6 is 0 Å². The van der Waals surface area contributed by atoms with Gasteiger partial charge in [0.05, 0.1) is 25.2 Å². The molecule has 1 aromatic carbocycles. The molecular formula is C15H19NO4. The van der Waals surface area contributed by atoms with Gasteiger partial charge in [-0.3, -0.25) is 14.5 Å². The number of Topliss-reactive ketones (excluding diaryl/α,β-unsaturated/α-hetero) is 1. The molecular weight excluding hydrogens is 258 g/mol. The van der Waals surface area contributed by atoms with Crippen molar-refractivity contribution >= 4 is 11.8 Å². The van der Waals surface area contributed by atoms with Crippen molar-refractivity contribution in [2.45, 2.75) is 13.0 Å². The van der Waals surface area contributed by atoms with Gasteiger partial charge in [0.1, 0.15) is 0 Å². The van der Waals surface area contributed by atoms with Gasteiger partial charge in [-0.05, 0) is 6.92 Å². The summed E-state index contributed by atoms with van der Waals surface area (Å²) in [6.07, 6.45) is 0. The maximum absolute atomic E-state index is 12.6. The van der Waals surface area contributed by atoms with E-state index >= 15 is 0 Å². The minimum Gasteiger partial charge on any atom is -0.481 e. The van der Waals surface area contributed by atoms with Gasteiger partial charge >= 0.3 is 5.97 Å². The SMILES string of the molecule is CC(C(=O)O)C(C(=O)c1ccccc1)N1CCOCC1. The van der Waals surface area contributed by atoms with Gasteiger partial charge < -0.3 is 9.84 Å². The third kappa shape index (κ3) is 3.23. The van der Waals surface area contributed by atoms with Gasteiger partial charge in [0.15, 0.2) is 5.78 Å². The Hall–Kier alpha value is -1.72. The van der Waals surface area contributed by atoms with E-state index in [-0.39, 0.29) is 5.78 Å². The van der Waals surface area contributed by atoms with Crippen LogP contribution in [0.3, 0.4) is 0 Å². The minimum absolute atomic E-state index is 0.137. The number of aliphatic carboxylic acids is 1.